The van der Waals surface area contributed by atoms with Crippen molar-refractivity contribution in [2.24, 2.45) is 4.99 Å². The zero-order valence-electron chi connectivity index (χ0n) is 21.4. The van der Waals surface area contributed by atoms with E-state index < -0.39 is 12.0 Å². The molecule has 2 aromatic heterocycles. The van der Waals surface area contributed by atoms with E-state index in [4.69, 9.17) is 14.5 Å². The second kappa shape index (κ2) is 11.0. The van der Waals surface area contributed by atoms with E-state index in [2.05, 4.69) is 47.9 Å². The molecule has 1 aliphatic heterocycles. The zero-order valence-corrected chi connectivity index (χ0v) is 21.4. The summed E-state index contributed by atoms with van der Waals surface area (Å²) in [4.78, 5) is 28.0. The second-order valence-electron chi connectivity index (χ2n) is 9.34. The van der Waals surface area contributed by atoms with Gasteiger partial charge in [0.15, 0.2) is 11.5 Å². The Morgan fingerprint density at radius 3 is 2.69 bits per heavy atom. The Kier molecular flexibility index (Phi) is 7.85. The number of aliphatic hydroxyl groups excluding tert-OH is 1. The predicted molar refractivity (Wildman–Crippen MR) is 137 cm³/mol. The number of nitrogens with zero attached hydrogens (tertiary/aromatic N) is 5. The van der Waals surface area contributed by atoms with Crippen LogP contribution in [0.15, 0.2) is 41.7 Å². The van der Waals surface area contributed by atoms with Crippen LogP contribution < -0.4 is 20.4 Å². The third-order valence-corrected chi connectivity index (χ3v) is 6.20. The maximum atomic E-state index is 12.8. The van der Waals surface area contributed by atoms with Crippen LogP contribution in [0.25, 0.3) is 10.9 Å². The van der Waals surface area contributed by atoms with Gasteiger partial charge in [0, 0.05) is 49.5 Å². The maximum absolute atomic E-state index is 12.8. The van der Waals surface area contributed by atoms with Crippen molar-refractivity contribution >= 4 is 22.6 Å². The fraction of sp³-hybridized carbons (Fsp3) is 0.462. The summed E-state index contributed by atoms with van der Waals surface area (Å²) in [7, 11) is 1.55. The minimum absolute atomic E-state index is 0.104. The van der Waals surface area contributed by atoms with Crippen molar-refractivity contribution in [2.75, 3.05) is 32.1 Å². The molecule has 4 rings (SSSR count). The summed E-state index contributed by atoms with van der Waals surface area (Å²) in [6, 6.07) is 7.69. The summed E-state index contributed by atoms with van der Waals surface area (Å²) in [6.45, 7) is 10.4. The van der Waals surface area contributed by atoms with Crippen LogP contribution in [0.1, 0.15) is 38.1 Å². The van der Waals surface area contributed by atoms with E-state index in [-0.39, 0.29) is 12.2 Å². The number of fused-ring (bicyclic) bond motifs is 3. The van der Waals surface area contributed by atoms with Crippen molar-refractivity contribution in [3.05, 3.63) is 47.8 Å². The van der Waals surface area contributed by atoms with E-state index >= 15 is 0 Å². The van der Waals surface area contributed by atoms with E-state index in [0.29, 0.717) is 54.3 Å². The molecular formula is C26H34N6O4. The molecule has 0 unspecified atom stereocenters. The average Bonchev–Trinajstić information content (AvgIpc) is 3.36. The van der Waals surface area contributed by atoms with Crippen LogP contribution in [0, 0.1) is 0 Å². The Morgan fingerprint density at radius 2 is 2.03 bits per heavy atom. The summed E-state index contributed by atoms with van der Waals surface area (Å²) in [6.07, 6.45) is 2.41. The van der Waals surface area contributed by atoms with Gasteiger partial charge in [-0.3, -0.25) is 19.2 Å². The average molecular weight is 495 g/mol. The molecular weight excluding hydrogens is 460 g/mol. The van der Waals surface area contributed by atoms with Crippen LogP contribution in [0.3, 0.4) is 0 Å². The fourth-order valence-electron chi connectivity index (χ4n) is 4.49. The molecule has 0 spiro atoms. The Morgan fingerprint density at radius 1 is 1.25 bits per heavy atom. The lowest BCUT2D eigenvalue weighted by atomic mass is 10.2. The lowest BCUT2D eigenvalue weighted by Gasteiger charge is -2.32. The molecule has 1 atom stereocenters. The molecule has 1 amide bonds. The number of hydrogen-bond acceptors (Lipinski definition) is 8. The summed E-state index contributed by atoms with van der Waals surface area (Å²) in [5, 5.41) is 14.8. The third kappa shape index (κ3) is 5.34. The topological polar surface area (TPSA) is 114 Å². The number of aromatic nitrogens is 3. The molecule has 192 valence electrons. The largest absolute Gasteiger partial charge is 0.491 e. The number of benzene rings is 1. The highest BCUT2D eigenvalue weighted by Gasteiger charge is 2.22. The van der Waals surface area contributed by atoms with Crippen LogP contribution in [0.2, 0.25) is 0 Å². The summed E-state index contributed by atoms with van der Waals surface area (Å²) in [5.41, 5.74) is 1.18. The first-order chi connectivity index (χ1) is 17.3. The number of carbonyl (C=O) groups excluding carboxylic acids is 1. The number of methoxy groups -OCH3 is 1. The molecule has 10 nitrogen and oxygen atoms in total. The number of aliphatic hydroxyl groups is 1. The lowest BCUT2D eigenvalue weighted by molar-refractivity contribution is 0.0439. The van der Waals surface area contributed by atoms with Crippen molar-refractivity contribution < 1.29 is 19.4 Å². The lowest BCUT2D eigenvalue weighted by Crippen LogP contribution is -2.43. The molecule has 36 heavy (non-hydrogen) atoms. The van der Waals surface area contributed by atoms with Gasteiger partial charge in [-0.25, -0.2) is 4.98 Å². The van der Waals surface area contributed by atoms with E-state index in [1.54, 1.807) is 25.4 Å². The highest BCUT2D eigenvalue weighted by atomic mass is 16.5. The highest BCUT2D eigenvalue weighted by Crippen LogP contribution is 2.37. The summed E-state index contributed by atoms with van der Waals surface area (Å²) < 4.78 is 13.6. The minimum Gasteiger partial charge on any atom is -0.491 e. The molecule has 3 aromatic rings. The highest BCUT2D eigenvalue weighted by molar-refractivity contribution is 5.96. The summed E-state index contributed by atoms with van der Waals surface area (Å²) >= 11 is 0. The van der Waals surface area contributed by atoms with Crippen LogP contribution in [-0.4, -0.2) is 75.4 Å². The van der Waals surface area contributed by atoms with Crippen molar-refractivity contribution in [3.63, 3.8) is 0 Å². The number of amides is 1. The van der Waals surface area contributed by atoms with Gasteiger partial charge < -0.3 is 19.9 Å². The van der Waals surface area contributed by atoms with Gasteiger partial charge in [-0.2, -0.15) is 4.99 Å². The first-order valence-corrected chi connectivity index (χ1v) is 12.2. The molecule has 0 fully saturated rings. The number of pyridine rings is 1. The van der Waals surface area contributed by atoms with Gasteiger partial charge in [-0.15, -0.1) is 0 Å². The van der Waals surface area contributed by atoms with Crippen molar-refractivity contribution in [1.29, 1.82) is 0 Å². The molecule has 0 aliphatic carbocycles. The number of rotatable bonds is 9. The van der Waals surface area contributed by atoms with Crippen molar-refractivity contribution in [1.82, 2.24) is 19.4 Å². The first-order valence-electron chi connectivity index (χ1n) is 12.2. The van der Waals surface area contributed by atoms with Gasteiger partial charge in [0.1, 0.15) is 24.0 Å². The van der Waals surface area contributed by atoms with Crippen molar-refractivity contribution in [3.8, 4) is 11.5 Å². The number of anilines is 1. The van der Waals surface area contributed by atoms with E-state index in [1.165, 1.54) is 6.20 Å². The molecule has 0 saturated heterocycles. The molecule has 1 aromatic carbocycles. The number of nitrogens with one attached hydrogen (secondary N) is 1. The summed E-state index contributed by atoms with van der Waals surface area (Å²) in [5.74, 6) is 1.27. The van der Waals surface area contributed by atoms with Gasteiger partial charge in [0.25, 0.3) is 5.91 Å². The SMILES string of the molecule is COc1c(OC[C@@H](O)CN(C(C)C)C(C)C)ccc2c3n(c(=NC(=O)c4cccnc4)nc12)CCN3. The van der Waals surface area contributed by atoms with E-state index in [9.17, 15) is 9.90 Å². The maximum Gasteiger partial charge on any atom is 0.281 e. The number of carbonyl (C=O) groups is 1. The smallest absolute Gasteiger partial charge is 0.281 e. The third-order valence-electron chi connectivity index (χ3n) is 6.20. The normalized spacial score (nSPS) is 14.4. The van der Waals surface area contributed by atoms with Crippen LogP contribution in [0.4, 0.5) is 5.82 Å². The minimum atomic E-state index is -0.678. The van der Waals surface area contributed by atoms with Crippen molar-refractivity contribution in [2.45, 2.75) is 52.4 Å². The second-order valence-corrected chi connectivity index (χ2v) is 9.34. The molecule has 2 N–H and O–H groups in total. The van der Waals surface area contributed by atoms with Gasteiger partial charge in [0.2, 0.25) is 5.62 Å². The first kappa shape index (κ1) is 25.6. The Balaban J connectivity index is 1.68. The molecule has 0 saturated carbocycles. The standard InChI is InChI=1S/C26H34N6O4/c1-16(2)32(17(3)4)14-19(33)15-36-21-9-8-20-22(23(21)35-5)29-26(31-12-11-28-24(20)31)30-25(34)18-7-6-10-27-13-18/h6-10,13,16-17,19,28,33H,11-12,14-15H2,1-5H3/t19-/m0/s1. The molecule has 1 aliphatic rings. The number of ether oxygens (including phenoxy) is 2. The zero-order chi connectivity index (χ0) is 25.8. The molecule has 0 bridgehead atoms. The van der Waals surface area contributed by atoms with Crippen LogP contribution in [0.5, 0.6) is 11.5 Å². The number of hydrogen-bond donors (Lipinski definition) is 2. The molecule has 10 heteroatoms. The van der Waals surface area contributed by atoms with E-state index in [0.717, 1.165) is 11.2 Å². The predicted octanol–water partition coefficient (Wildman–Crippen LogP) is 2.46. The molecule has 3 heterocycles. The monoisotopic (exact) mass is 494 g/mol. The van der Waals surface area contributed by atoms with E-state index in [1.807, 2.05) is 16.7 Å². The molecule has 0 radical (unpaired) electrons. The van der Waals surface area contributed by atoms with Gasteiger partial charge in [-0.1, -0.05) is 0 Å². The van der Waals surface area contributed by atoms with Crippen LogP contribution >= 0.6 is 0 Å². The Labute approximate surface area is 210 Å². The Bertz CT molecular complexity index is 1280. The van der Waals surface area contributed by atoms with Crippen LogP contribution in [-0.2, 0) is 6.54 Å². The quantitative estimate of drug-likeness (QED) is 0.466. The Hall–Kier alpha value is -3.50. The van der Waals surface area contributed by atoms with Gasteiger partial charge in [-0.05, 0) is 52.0 Å². The van der Waals surface area contributed by atoms with Gasteiger partial charge >= 0.3 is 0 Å². The van der Waals surface area contributed by atoms with Gasteiger partial charge in [0.05, 0.1) is 12.7 Å². The fourth-order valence-corrected chi connectivity index (χ4v) is 4.49.